The van der Waals surface area contributed by atoms with Crippen molar-refractivity contribution >= 4 is 27.4 Å². The molecule has 0 unspecified atom stereocenters. The molecule has 1 heterocycles. The minimum Gasteiger partial charge on any atom is -0.480 e. The molecule has 0 radical (unpaired) electrons. The Bertz CT molecular complexity index is 471. The van der Waals surface area contributed by atoms with Gasteiger partial charge in [-0.15, -0.1) is 0 Å². The van der Waals surface area contributed by atoms with Crippen LogP contribution in [0.5, 0.6) is 0 Å². The normalized spacial score (nSPS) is 11.3. The summed E-state index contributed by atoms with van der Waals surface area (Å²) in [5.41, 5.74) is 0.355. The maximum absolute atomic E-state index is 11.3. The van der Waals surface area contributed by atoms with Gasteiger partial charge in [0.1, 0.15) is 5.75 Å². The van der Waals surface area contributed by atoms with Crippen molar-refractivity contribution in [3.05, 3.63) is 29.0 Å². The Balaban J connectivity index is 2.87. The number of rotatable bonds is 4. The fraction of sp³-hybridized carbons (Fsp3) is 0.250. The first-order valence-electron chi connectivity index (χ1n) is 3.91. The smallest absolute Gasteiger partial charge is 0.318 e. The molecule has 82 valence electrons. The Kier molecular flexibility index (Phi) is 3.65. The minimum absolute atomic E-state index is 0.214. The number of halogens is 1. The maximum atomic E-state index is 11.3. The lowest BCUT2D eigenvalue weighted by Gasteiger charge is -2.03. The molecule has 0 amide bonds. The molecule has 0 saturated carbocycles. The van der Waals surface area contributed by atoms with Gasteiger partial charge in [0.25, 0.3) is 0 Å². The summed E-state index contributed by atoms with van der Waals surface area (Å²) in [6.45, 7) is 0. The summed E-state index contributed by atoms with van der Waals surface area (Å²) in [6.07, 6.45) is 2.71. The van der Waals surface area contributed by atoms with Crippen LogP contribution in [0.4, 0.5) is 0 Å². The standard InChI is InChI=1S/C8H8ClNO4S/c9-7-3-10-2-1-6(7)4-15(13,14)5-8(11)12/h1-3H,4-5H2,(H,11,12). The highest BCUT2D eigenvalue weighted by atomic mass is 35.5. The van der Waals surface area contributed by atoms with Gasteiger partial charge in [-0.05, 0) is 11.6 Å². The average Bonchev–Trinajstić information content (AvgIpc) is 2.06. The minimum atomic E-state index is -3.67. The van der Waals surface area contributed by atoms with Gasteiger partial charge >= 0.3 is 5.97 Å². The number of hydrogen-bond donors (Lipinski definition) is 1. The highest BCUT2D eigenvalue weighted by Gasteiger charge is 2.17. The first kappa shape index (κ1) is 11.9. The second kappa shape index (κ2) is 4.59. The van der Waals surface area contributed by atoms with Crippen LogP contribution in [0.1, 0.15) is 5.56 Å². The summed E-state index contributed by atoms with van der Waals surface area (Å²) in [4.78, 5) is 14.0. The molecule has 1 N–H and O–H groups in total. The third-order valence-corrected chi connectivity index (χ3v) is 3.35. The van der Waals surface area contributed by atoms with Crippen molar-refractivity contribution in [3.8, 4) is 0 Å². The van der Waals surface area contributed by atoms with Crippen molar-refractivity contribution in [1.82, 2.24) is 4.98 Å². The summed E-state index contributed by atoms with van der Waals surface area (Å²) >= 11 is 5.69. The topological polar surface area (TPSA) is 84.3 Å². The van der Waals surface area contributed by atoms with E-state index in [1.54, 1.807) is 0 Å². The molecule has 0 aliphatic carbocycles. The lowest BCUT2D eigenvalue weighted by molar-refractivity contribution is -0.134. The number of carbonyl (C=O) groups is 1. The van der Waals surface area contributed by atoms with Gasteiger partial charge in [-0.2, -0.15) is 0 Å². The van der Waals surface area contributed by atoms with Crippen molar-refractivity contribution in [1.29, 1.82) is 0 Å². The Morgan fingerprint density at radius 3 is 2.73 bits per heavy atom. The van der Waals surface area contributed by atoms with Crippen molar-refractivity contribution in [2.75, 3.05) is 5.75 Å². The molecule has 15 heavy (non-hydrogen) atoms. The lowest BCUT2D eigenvalue weighted by Crippen LogP contribution is -2.17. The number of carboxylic acid groups (broad SMARTS) is 1. The third-order valence-electron chi connectivity index (χ3n) is 1.58. The number of nitrogens with zero attached hydrogens (tertiary/aromatic N) is 1. The van der Waals surface area contributed by atoms with E-state index in [2.05, 4.69) is 4.98 Å². The number of hydrogen-bond acceptors (Lipinski definition) is 4. The van der Waals surface area contributed by atoms with Gasteiger partial charge in [0, 0.05) is 12.4 Å². The molecule has 0 aliphatic rings. The Morgan fingerprint density at radius 1 is 1.53 bits per heavy atom. The highest BCUT2D eigenvalue weighted by molar-refractivity contribution is 7.91. The van der Waals surface area contributed by atoms with Gasteiger partial charge in [-0.3, -0.25) is 9.78 Å². The summed E-state index contributed by atoms with van der Waals surface area (Å²) in [5, 5.41) is 8.59. The number of aliphatic carboxylic acids is 1. The summed E-state index contributed by atoms with van der Waals surface area (Å²) in [5.74, 6) is -2.66. The molecular formula is C8H8ClNO4S. The van der Waals surface area contributed by atoms with Gasteiger partial charge in [0.2, 0.25) is 0 Å². The maximum Gasteiger partial charge on any atom is 0.318 e. The van der Waals surface area contributed by atoms with Crippen molar-refractivity contribution in [3.63, 3.8) is 0 Å². The van der Waals surface area contributed by atoms with Crippen LogP contribution in [0.3, 0.4) is 0 Å². The molecule has 5 nitrogen and oxygen atoms in total. The second-order valence-corrected chi connectivity index (χ2v) is 5.36. The van der Waals surface area contributed by atoms with E-state index < -0.39 is 21.6 Å². The molecule has 0 saturated heterocycles. The van der Waals surface area contributed by atoms with Gasteiger partial charge in [0.15, 0.2) is 9.84 Å². The monoisotopic (exact) mass is 249 g/mol. The van der Waals surface area contributed by atoms with Crippen molar-refractivity contribution in [2.24, 2.45) is 0 Å². The second-order valence-electron chi connectivity index (χ2n) is 2.89. The van der Waals surface area contributed by atoms with Gasteiger partial charge in [-0.25, -0.2) is 8.42 Å². The predicted octanol–water partition coefficient (Wildman–Crippen LogP) is 0.734. The first-order valence-corrected chi connectivity index (χ1v) is 6.11. The molecule has 0 bridgehead atoms. The largest absolute Gasteiger partial charge is 0.480 e. The van der Waals surface area contributed by atoms with E-state index in [-0.39, 0.29) is 10.8 Å². The van der Waals surface area contributed by atoms with E-state index in [9.17, 15) is 13.2 Å². The Hall–Kier alpha value is -1.14. The van der Waals surface area contributed by atoms with E-state index in [4.69, 9.17) is 16.7 Å². The molecular weight excluding hydrogens is 242 g/mol. The van der Waals surface area contributed by atoms with E-state index in [1.165, 1.54) is 18.5 Å². The van der Waals surface area contributed by atoms with Gasteiger partial charge in [-0.1, -0.05) is 11.6 Å². The highest BCUT2D eigenvalue weighted by Crippen LogP contribution is 2.16. The molecule has 1 rings (SSSR count). The molecule has 0 fully saturated rings. The number of carboxylic acids is 1. The lowest BCUT2D eigenvalue weighted by atomic mass is 10.3. The summed E-state index contributed by atoms with van der Waals surface area (Å²) in [6, 6.07) is 1.45. The molecule has 0 aromatic carbocycles. The summed E-state index contributed by atoms with van der Waals surface area (Å²) in [7, 11) is -3.67. The Morgan fingerprint density at radius 2 is 2.20 bits per heavy atom. The van der Waals surface area contributed by atoms with E-state index in [0.717, 1.165) is 0 Å². The van der Waals surface area contributed by atoms with Gasteiger partial charge < -0.3 is 5.11 Å². The van der Waals surface area contributed by atoms with Crippen molar-refractivity contribution < 1.29 is 18.3 Å². The number of pyridine rings is 1. The van der Waals surface area contributed by atoms with Gasteiger partial charge in [0.05, 0.1) is 10.8 Å². The molecule has 0 atom stereocenters. The Labute approximate surface area is 91.6 Å². The van der Waals surface area contributed by atoms with E-state index in [1.807, 2.05) is 0 Å². The van der Waals surface area contributed by atoms with E-state index >= 15 is 0 Å². The van der Waals surface area contributed by atoms with Crippen LogP contribution in [-0.4, -0.2) is 30.2 Å². The first-order chi connectivity index (χ1) is 6.91. The molecule has 1 aromatic heterocycles. The SMILES string of the molecule is O=C(O)CS(=O)(=O)Cc1ccncc1Cl. The molecule has 7 heteroatoms. The quantitative estimate of drug-likeness (QED) is 0.851. The van der Waals surface area contributed by atoms with Crippen molar-refractivity contribution in [2.45, 2.75) is 5.75 Å². The summed E-state index contributed by atoms with van der Waals surface area (Å²) < 4.78 is 22.6. The predicted molar refractivity (Wildman–Crippen MR) is 54.4 cm³/mol. The van der Waals surface area contributed by atoms with Crippen LogP contribution < -0.4 is 0 Å². The average molecular weight is 250 g/mol. The van der Waals surface area contributed by atoms with Crippen LogP contribution in [0.25, 0.3) is 0 Å². The molecule has 0 aliphatic heterocycles. The number of sulfone groups is 1. The van der Waals surface area contributed by atoms with Crippen LogP contribution in [0.2, 0.25) is 5.02 Å². The zero-order valence-electron chi connectivity index (χ0n) is 7.55. The zero-order valence-corrected chi connectivity index (χ0v) is 9.12. The molecule has 1 aromatic rings. The zero-order chi connectivity index (χ0) is 11.5. The van der Waals surface area contributed by atoms with E-state index in [0.29, 0.717) is 5.56 Å². The fourth-order valence-corrected chi connectivity index (χ4v) is 2.47. The number of aromatic nitrogens is 1. The van der Waals surface area contributed by atoms with Crippen LogP contribution in [-0.2, 0) is 20.4 Å². The van der Waals surface area contributed by atoms with Crippen LogP contribution in [0.15, 0.2) is 18.5 Å². The van der Waals surface area contributed by atoms with Crippen LogP contribution in [0, 0.1) is 0 Å². The van der Waals surface area contributed by atoms with Crippen LogP contribution >= 0.6 is 11.6 Å². The molecule has 0 spiro atoms. The third kappa shape index (κ3) is 3.85. The fourth-order valence-electron chi connectivity index (χ4n) is 0.997.